The predicted octanol–water partition coefficient (Wildman–Crippen LogP) is 6.57. The molecule has 0 bridgehead atoms. The van der Waals surface area contributed by atoms with E-state index in [1.54, 1.807) is 36.4 Å². The number of ether oxygens (including phenoxy) is 2. The molecule has 3 aromatic rings. The number of halogens is 1. The minimum absolute atomic E-state index is 0.0201. The van der Waals surface area contributed by atoms with Crippen molar-refractivity contribution in [2.24, 2.45) is 0 Å². The summed E-state index contributed by atoms with van der Waals surface area (Å²) in [6.45, 7) is 3.89. The molecule has 1 aliphatic heterocycles. The van der Waals surface area contributed by atoms with Gasteiger partial charge in [-0.3, -0.25) is 0 Å². The Morgan fingerprint density at radius 3 is 2.59 bits per heavy atom. The first-order valence-corrected chi connectivity index (χ1v) is 11.3. The van der Waals surface area contributed by atoms with E-state index in [2.05, 4.69) is 10.6 Å². The Hall–Kier alpha value is -3.77. The van der Waals surface area contributed by atoms with Gasteiger partial charge in [0.1, 0.15) is 12.4 Å². The van der Waals surface area contributed by atoms with Crippen molar-refractivity contribution in [1.29, 1.82) is 0 Å². The molecule has 1 unspecified atom stereocenters. The molecular formula is C27H25ClN2O4. The lowest BCUT2D eigenvalue weighted by Crippen LogP contribution is -2.38. The number of urea groups is 1. The summed E-state index contributed by atoms with van der Waals surface area (Å²) >= 11 is 6.07. The number of carbonyl (C=O) groups is 2. The van der Waals surface area contributed by atoms with E-state index >= 15 is 0 Å². The molecule has 0 aromatic heterocycles. The molecule has 7 heteroatoms. The number of aryl methyl sites for hydroxylation is 1. The fraction of sp³-hybridized carbons (Fsp3) is 0.185. The Bertz CT molecular complexity index is 1260. The average Bonchev–Trinajstić information content (AvgIpc) is 2.83. The molecule has 174 valence electrons. The maximum Gasteiger partial charge on any atom is 0.339 e. The molecule has 4 rings (SSSR count). The Balaban J connectivity index is 1.38. The SMILES string of the molecule is CCc1ccccc1NC(=O)Nc1ccc2c(c1)C=CC(C)(COC(=O)c1ccccc1Cl)O2. The van der Waals surface area contributed by atoms with Crippen LogP contribution in [0.15, 0.2) is 72.8 Å². The number of carbonyl (C=O) groups excluding carboxylic acids is 2. The van der Waals surface area contributed by atoms with Gasteiger partial charge in [-0.2, -0.15) is 0 Å². The van der Waals surface area contributed by atoms with E-state index < -0.39 is 11.6 Å². The molecule has 1 atom stereocenters. The summed E-state index contributed by atoms with van der Waals surface area (Å²) in [5.74, 6) is 0.117. The Morgan fingerprint density at radius 1 is 1.03 bits per heavy atom. The number of nitrogens with one attached hydrogen (secondary N) is 2. The molecule has 3 aromatic carbocycles. The van der Waals surface area contributed by atoms with Crippen molar-refractivity contribution < 1.29 is 19.1 Å². The molecule has 0 aliphatic carbocycles. The van der Waals surface area contributed by atoms with Gasteiger partial charge >= 0.3 is 12.0 Å². The topological polar surface area (TPSA) is 76.7 Å². The van der Waals surface area contributed by atoms with Crippen LogP contribution in [0.3, 0.4) is 0 Å². The van der Waals surface area contributed by atoms with Crippen LogP contribution >= 0.6 is 11.6 Å². The van der Waals surface area contributed by atoms with E-state index in [-0.39, 0.29) is 12.6 Å². The molecular weight excluding hydrogens is 452 g/mol. The quantitative estimate of drug-likeness (QED) is 0.394. The van der Waals surface area contributed by atoms with Gasteiger partial charge in [0.25, 0.3) is 0 Å². The molecule has 1 heterocycles. The third kappa shape index (κ3) is 5.41. The van der Waals surface area contributed by atoms with Gasteiger partial charge in [-0.15, -0.1) is 0 Å². The summed E-state index contributed by atoms with van der Waals surface area (Å²) < 4.78 is 11.5. The number of esters is 1. The lowest BCUT2D eigenvalue weighted by atomic mass is 10.0. The zero-order valence-electron chi connectivity index (χ0n) is 18.9. The number of benzene rings is 3. The Morgan fingerprint density at radius 2 is 1.79 bits per heavy atom. The van der Waals surface area contributed by atoms with Crippen LogP contribution in [0.2, 0.25) is 5.02 Å². The number of anilines is 2. The smallest absolute Gasteiger partial charge is 0.339 e. The third-order valence-corrected chi connectivity index (χ3v) is 5.79. The highest BCUT2D eigenvalue weighted by Crippen LogP contribution is 2.33. The van der Waals surface area contributed by atoms with E-state index in [0.717, 1.165) is 23.2 Å². The van der Waals surface area contributed by atoms with Crippen molar-refractivity contribution in [3.05, 3.63) is 94.5 Å². The number of fused-ring (bicyclic) bond motifs is 1. The second-order valence-corrected chi connectivity index (χ2v) is 8.55. The number of hydrogen-bond acceptors (Lipinski definition) is 4. The van der Waals surface area contributed by atoms with Gasteiger partial charge in [0.15, 0.2) is 5.60 Å². The lowest BCUT2D eigenvalue weighted by molar-refractivity contribution is 0.0140. The molecule has 0 saturated carbocycles. The highest BCUT2D eigenvalue weighted by Gasteiger charge is 2.30. The van der Waals surface area contributed by atoms with Gasteiger partial charge in [0.2, 0.25) is 0 Å². The maximum atomic E-state index is 12.5. The standard InChI is InChI=1S/C27H25ClN2O4/c1-3-18-8-4-7-11-23(18)30-26(32)29-20-12-13-24-19(16-20)14-15-27(2,34-24)17-33-25(31)21-9-5-6-10-22(21)28/h4-16H,3,17H2,1-2H3,(H2,29,30,32). The maximum absolute atomic E-state index is 12.5. The van der Waals surface area contributed by atoms with Crippen molar-refractivity contribution in [2.75, 3.05) is 17.2 Å². The van der Waals surface area contributed by atoms with Crippen molar-refractivity contribution in [1.82, 2.24) is 0 Å². The second kappa shape index (κ2) is 10.0. The molecule has 2 N–H and O–H groups in total. The summed E-state index contributed by atoms with van der Waals surface area (Å²) in [5, 5.41) is 6.08. The number of para-hydroxylation sites is 1. The lowest BCUT2D eigenvalue weighted by Gasteiger charge is -2.31. The van der Waals surface area contributed by atoms with Gasteiger partial charge in [-0.1, -0.05) is 54.9 Å². The fourth-order valence-corrected chi connectivity index (χ4v) is 3.84. The summed E-state index contributed by atoms with van der Waals surface area (Å²) in [6, 6.07) is 19.5. The van der Waals surface area contributed by atoms with Crippen LogP contribution in [-0.4, -0.2) is 24.2 Å². The first kappa shape index (κ1) is 23.4. The van der Waals surface area contributed by atoms with E-state index in [1.807, 2.05) is 56.3 Å². The van der Waals surface area contributed by atoms with E-state index in [0.29, 0.717) is 22.0 Å². The molecule has 6 nitrogen and oxygen atoms in total. The Kier molecular flexibility index (Phi) is 6.89. The fourth-order valence-electron chi connectivity index (χ4n) is 3.63. The van der Waals surface area contributed by atoms with Crippen LogP contribution < -0.4 is 15.4 Å². The molecule has 0 spiro atoms. The minimum atomic E-state index is -0.833. The van der Waals surface area contributed by atoms with E-state index in [1.165, 1.54) is 0 Å². The summed E-state index contributed by atoms with van der Waals surface area (Å²) in [4.78, 5) is 24.9. The van der Waals surface area contributed by atoms with Crippen LogP contribution in [0.5, 0.6) is 5.75 Å². The first-order chi connectivity index (χ1) is 16.4. The largest absolute Gasteiger partial charge is 0.479 e. The van der Waals surface area contributed by atoms with E-state index in [9.17, 15) is 9.59 Å². The number of amides is 2. The molecule has 0 saturated heterocycles. The van der Waals surface area contributed by atoms with Gasteiger partial charge in [0.05, 0.1) is 10.6 Å². The monoisotopic (exact) mass is 476 g/mol. The molecule has 0 fully saturated rings. The first-order valence-electron chi connectivity index (χ1n) is 11.0. The van der Waals surface area contributed by atoms with Gasteiger partial charge in [-0.25, -0.2) is 9.59 Å². The van der Waals surface area contributed by atoms with Crippen molar-refractivity contribution in [2.45, 2.75) is 25.9 Å². The van der Waals surface area contributed by atoms with Crippen LogP contribution in [-0.2, 0) is 11.2 Å². The van der Waals surface area contributed by atoms with Gasteiger partial charge in [-0.05, 0) is 61.4 Å². The van der Waals surface area contributed by atoms with E-state index in [4.69, 9.17) is 21.1 Å². The predicted molar refractivity (Wildman–Crippen MR) is 135 cm³/mol. The van der Waals surface area contributed by atoms with Gasteiger partial charge < -0.3 is 20.1 Å². The summed E-state index contributed by atoms with van der Waals surface area (Å²) in [5.41, 5.74) is 2.76. The zero-order chi connectivity index (χ0) is 24.1. The summed E-state index contributed by atoms with van der Waals surface area (Å²) in [7, 11) is 0. The third-order valence-electron chi connectivity index (χ3n) is 5.46. The van der Waals surface area contributed by atoms with Crippen molar-refractivity contribution in [3.63, 3.8) is 0 Å². The van der Waals surface area contributed by atoms with Gasteiger partial charge in [0, 0.05) is 16.9 Å². The van der Waals surface area contributed by atoms with Crippen LogP contribution in [0.1, 0.15) is 35.3 Å². The Labute approximate surface area is 203 Å². The van der Waals surface area contributed by atoms with Crippen LogP contribution in [0.25, 0.3) is 6.08 Å². The number of rotatable bonds is 6. The van der Waals surface area contributed by atoms with Crippen LogP contribution in [0, 0.1) is 0 Å². The highest BCUT2D eigenvalue weighted by atomic mass is 35.5. The molecule has 34 heavy (non-hydrogen) atoms. The summed E-state index contributed by atoms with van der Waals surface area (Å²) in [6.07, 6.45) is 4.54. The minimum Gasteiger partial charge on any atom is -0.479 e. The second-order valence-electron chi connectivity index (χ2n) is 8.15. The normalized spacial score (nSPS) is 16.2. The zero-order valence-corrected chi connectivity index (χ0v) is 19.7. The highest BCUT2D eigenvalue weighted by molar-refractivity contribution is 6.33. The molecule has 2 amide bonds. The average molecular weight is 477 g/mol. The van der Waals surface area contributed by atoms with Crippen molar-refractivity contribution >= 4 is 41.1 Å². The van der Waals surface area contributed by atoms with Crippen LogP contribution in [0.4, 0.5) is 16.2 Å². The molecule has 1 aliphatic rings. The van der Waals surface area contributed by atoms with Crippen molar-refractivity contribution in [3.8, 4) is 5.75 Å². The molecule has 0 radical (unpaired) electrons. The number of hydrogen-bond donors (Lipinski definition) is 2.